The van der Waals surface area contributed by atoms with Crippen molar-refractivity contribution in [2.75, 3.05) is 11.9 Å². The fourth-order valence-electron chi connectivity index (χ4n) is 1.89. The van der Waals surface area contributed by atoms with E-state index in [1.807, 2.05) is 0 Å². The Morgan fingerprint density at radius 2 is 2.29 bits per heavy atom. The molecule has 0 aliphatic carbocycles. The lowest BCUT2D eigenvalue weighted by molar-refractivity contribution is -0.118. The van der Waals surface area contributed by atoms with E-state index in [4.69, 9.17) is 0 Å². The van der Waals surface area contributed by atoms with Crippen LogP contribution in [0.15, 0.2) is 22.7 Å². The van der Waals surface area contributed by atoms with Gasteiger partial charge in [0.1, 0.15) is 5.82 Å². The maximum absolute atomic E-state index is 13.1. The molecule has 1 aromatic carbocycles. The van der Waals surface area contributed by atoms with Crippen LogP contribution in [0.2, 0.25) is 0 Å². The minimum Gasteiger partial charge on any atom is -0.324 e. The monoisotopic (exact) mass is 300 g/mol. The lowest BCUT2D eigenvalue weighted by Crippen LogP contribution is -2.43. The molecule has 3 nitrogen and oxygen atoms in total. The third-order valence-electron chi connectivity index (χ3n) is 2.81. The first kappa shape index (κ1) is 12.5. The normalized spacial score (nSPS) is 20.0. The summed E-state index contributed by atoms with van der Waals surface area (Å²) in [7, 11) is 0. The Bertz CT molecular complexity index is 419. The first-order valence-corrected chi connectivity index (χ1v) is 6.45. The van der Waals surface area contributed by atoms with Crippen molar-refractivity contribution < 1.29 is 9.18 Å². The van der Waals surface area contributed by atoms with Gasteiger partial charge in [-0.2, -0.15) is 0 Å². The average Bonchev–Trinajstić information content (AvgIpc) is 2.35. The Morgan fingerprint density at radius 1 is 1.47 bits per heavy atom. The largest absolute Gasteiger partial charge is 0.324 e. The van der Waals surface area contributed by atoms with Crippen molar-refractivity contribution in [3.05, 3.63) is 28.5 Å². The van der Waals surface area contributed by atoms with Crippen molar-refractivity contribution in [2.45, 2.75) is 25.3 Å². The van der Waals surface area contributed by atoms with Gasteiger partial charge in [0, 0.05) is 4.47 Å². The highest BCUT2D eigenvalue weighted by atomic mass is 79.9. The molecule has 1 atom stereocenters. The summed E-state index contributed by atoms with van der Waals surface area (Å²) >= 11 is 3.28. The quantitative estimate of drug-likeness (QED) is 0.882. The number of amides is 1. The molecular formula is C12H14BrFN2O. The second-order valence-corrected chi connectivity index (χ2v) is 4.97. The molecule has 1 fully saturated rings. The van der Waals surface area contributed by atoms with Crippen LogP contribution in [-0.4, -0.2) is 18.5 Å². The molecule has 1 aliphatic rings. The zero-order valence-corrected chi connectivity index (χ0v) is 10.9. The van der Waals surface area contributed by atoms with E-state index in [1.54, 1.807) is 6.07 Å². The summed E-state index contributed by atoms with van der Waals surface area (Å²) in [5.41, 5.74) is 0.474. The fraction of sp³-hybridized carbons (Fsp3) is 0.417. The highest BCUT2D eigenvalue weighted by Crippen LogP contribution is 2.23. The van der Waals surface area contributed by atoms with Crippen LogP contribution in [0.3, 0.4) is 0 Å². The van der Waals surface area contributed by atoms with E-state index < -0.39 is 0 Å². The molecule has 1 saturated heterocycles. The smallest absolute Gasteiger partial charge is 0.241 e. The van der Waals surface area contributed by atoms with Crippen molar-refractivity contribution in [3.63, 3.8) is 0 Å². The second-order valence-electron chi connectivity index (χ2n) is 4.12. The molecule has 0 aromatic heterocycles. The van der Waals surface area contributed by atoms with Crippen LogP contribution < -0.4 is 10.6 Å². The minimum absolute atomic E-state index is 0.101. The molecule has 5 heteroatoms. The second kappa shape index (κ2) is 5.60. The van der Waals surface area contributed by atoms with Crippen LogP contribution in [-0.2, 0) is 4.79 Å². The standard InChI is InChI=1S/C12H14BrFN2O/c13-9-5-4-8(14)7-11(9)16-12(17)10-3-1-2-6-15-10/h4-5,7,10,15H,1-3,6H2,(H,16,17). The molecule has 2 rings (SSSR count). The number of rotatable bonds is 2. The number of carbonyl (C=O) groups is 1. The maximum Gasteiger partial charge on any atom is 0.241 e. The molecule has 0 saturated carbocycles. The van der Waals surface area contributed by atoms with Gasteiger partial charge < -0.3 is 10.6 Å². The Balaban J connectivity index is 2.04. The van der Waals surface area contributed by atoms with Gasteiger partial charge in [-0.1, -0.05) is 6.42 Å². The molecule has 1 unspecified atom stereocenters. The maximum atomic E-state index is 13.1. The number of carbonyl (C=O) groups excluding carboxylic acids is 1. The SMILES string of the molecule is O=C(Nc1cc(F)ccc1Br)C1CCCCN1. The molecule has 92 valence electrons. The Labute approximate surface area is 108 Å². The summed E-state index contributed by atoms with van der Waals surface area (Å²) in [5.74, 6) is -0.462. The number of benzene rings is 1. The van der Waals surface area contributed by atoms with E-state index in [0.29, 0.717) is 10.2 Å². The summed E-state index contributed by atoms with van der Waals surface area (Å²) in [4.78, 5) is 11.9. The zero-order valence-electron chi connectivity index (χ0n) is 9.30. The van der Waals surface area contributed by atoms with Gasteiger partial charge >= 0.3 is 0 Å². The van der Waals surface area contributed by atoms with Gasteiger partial charge in [-0.3, -0.25) is 4.79 Å². The molecule has 0 bridgehead atoms. The van der Waals surface area contributed by atoms with Crippen molar-refractivity contribution in [1.82, 2.24) is 5.32 Å². The zero-order chi connectivity index (χ0) is 12.3. The van der Waals surface area contributed by atoms with Crippen LogP contribution in [0.4, 0.5) is 10.1 Å². The van der Waals surface area contributed by atoms with Gasteiger partial charge in [0.2, 0.25) is 5.91 Å². The first-order valence-electron chi connectivity index (χ1n) is 5.66. The summed E-state index contributed by atoms with van der Waals surface area (Å²) in [6.07, 6.45) is 2.99. The molecule has 1 amide bonds. The van der Waals surface area contributed by atoms with Crippen LogP contribution >= 0.6 is 15.9 Å². The highest BCUT2D eigenvalue weighted by molar-refractivity contribution is 9.10. The predicted octanol–water partition coefficient (Wildman–Crippen LogP) is 2.67. The van der Waals surface area contributed by atoms with Crippen molar-refractivity contribution in [2.24, 2.45) is 0 Å². The van der Waals surface area contributed by atoms with Gasteiger partial charge in [-0.05, 0) is 53.5 Å². The molecule has 0 radical (unpaired) electrons. The number of halogens is 2. The summed E-state index contributed by atoms with van der Waals surface area (Å²) in [6.45, 7) is 0.863. The highest BCUT2D eigenvalue weighted by Gasteiger charge is 2.21. The van der Waals surface area contributed by atoms with Gasteiger partial charge in [0.15, 0.2) is 0 Å². The Kier molecular flexibility index (Phi) is 4.12. The molecule has 17 heavy (non-hydrogen) atoms. The Morgan fingerprint density at radius 3 is 3.00 bits per heavy atom. The van der Waals surface area contributed by atoms with E-state index in [0.717, 1.165) is 25.8 Å². The lowest BCUT2D eigenvalue weighted by Gasteiger charge is -2.22. The van der Waals surface area contributed by atoms with E-state index in [2.05, 4.69) is 26.6 Å². The number of nitrogens with one attached hydrogen (secondary N) is 2. The predicted molar refractivity (Wildman–Crippen MR) is 68.4 cm³/mol. The molecule has 1 heterocycles. The molecule has 1 aromatic rings. The fourth-order valence-corrected chi connectivity index (χ4v) is 2.23. The third-order valence-corrected chi connectivity index (χ3v) is 3.50. The van der Waals surface area contributed by atoms with Crippen LogP contribution in [0.1, 0.15) is 19.3 Å². The number of hydrogen-bond acceptors (Lipinski definition) is 2. The summed E-state index contributed by atoms with van der Waals surface area (Å²) in [5, 5.41) is 5.88. The van der Waals surface area contributed by atoms with Gasteiger partial charge in [-0.25, -0.2) is 4.39 Å². The number of piperidine rings is 1. The van der Waals surface area contributed by atoms with E-state index in [-0.39, 0.29) is 17.8 Å². The molecular weight excluding hydrogens is 287 g/mol. The minimum atomic E-state index is -0.361. The van der Waals surface area contributed by atoms with E-state index in [9.17, 15) is 9.18 Å². The van der Waals surface area contributed by atoms with Crippen molar-refractivity contribution >= 4 is 27.5 Å². The Hall–Kier alpha value is -0.940. The molecule has 2 N–H and O–H groups in total. The molecule has 0 spiro atoms. The van der Waals surface area contributed by atoms with Crippen molar-refractivity contribution in [3.8, 4) is 0 Å². The van der Waals surface area contributed by atoms with E-state index >= 15 is 0 Å². The average molecular weight is 301 g/mol. The van der Waals surface area contributed by atoms with Crippen LogP contribution in [0.5, 0.6) is 0 Å². The van der Waals surface area contributed by atoms with Crippen molar-refractivity contribution in [1.29, 1.82) is 0 Å². The lowest BCUT2D eigenvalue weighted by atomic mass is 10.0. The number of anilines is 1. The van der Waals surface area contributed by atoms with Gasteiger partial charge in [0.05, 0.1) is 11.7 Å². The first-order chi connectivity index (χ1) is 8.16. The third kappa shape index (κ3) is 3.26. The van der Waals surface area contributed by atoms with Crippen LogP contribution in [0, 0.1) is 5.82 Å². The summed E-state index contributed by atoms with van der Waals surface area (Å²) < 4.78 is 13.7. The summed E-state index contributed by atoms with van der Waals surface area (Å²) in [6, 6.07) is 4.07. The number of hydrogen-bond donors (Lipinski definition) is 2. The van der Waals surface area contributed by atoms with Gasteiger partial charge in [0.25, 0.3) is 0 Å². The molecule has 1 aliphatic heterocycles. The van der Waals surface area contributed by atoms with Crippen LogP contribution in [0.25, 0.3) is 0 Å². The van der Waals surface area contributed by atoms with Gasteiger partial charge in [-0.15, -0.1) is 0 Å². The van der Waals surface area contributed by atoms with E-state index in [1.165, 1.54) is 12.1 Å². The topological polar surface area (TPSA) is 41.1 Å².